The van der Waals surface area contributed by atoms with Crippen molar-refractivity contribution in [1.82, 2.24) is 9.62 Å². The molecule has 1 N–H and O–H groups in total. The van der Waals surface area contributed by atoms with E-state index in [1.807, 2.05) is 12.1 Å². The standard InChI is InChI=1S/C22H28N2O5S2/c1-15-6-3-4-7-16(15)13-24-10-9-18-19(14-24)30-22(20(18)21(25)28-2)31(26,27)23-12-17-8-5-11-29-17/h3-4,6-7,17,23H,5,8-14H2,1-2H3. The van der Waals surface area contributed by atoms with Gasteiger partial charge in [0.15, 0.2) is 0 Å². The number of carbonyl (C=O) groups is 1. The van der Waals surface area contributed by atoms with Crippen molar-refractivity contribution in [2.45, 2.75) is 49.6 Å². The highest BCUT2D eigenvalue weighted by molar-refractivity contribution is 7.91. The van der Waals surface area contributed by atoms with Gasteiger partial charge >= 0.3 is 5.97 Å². The number of benzene rings is 1. The molecular weight excluding hydrogens is 436 g/mol. The van der Waals surface area contributed by atoms with Gasteiger partial charge in [0.2, 0.25) is 0 Å². The molecule has 0 saturated carbocycles. The Kier molecular flexibility index (Phi) is 6.78. The molecule has 0 aliphatic carbocycles. The van der Waals surface area contributed by atoms with E-state index in [9.17, 15) is 13.2 Å². The van der Waals surface area contributed by atoms with Gasteiger partial charge in [0.05, 0.1) is 18.8 Å². The summed E-state index contributed by atoms with van der Waals surface area (Å²) in [5.74, 6) is -0.595. The number of esters is 1. The zero-order valence-corrected chi connectivity index (χ0v) is 19.5. The number of sulfonamides is 1. The summed E-state index contributed by atoms with van der Waals surface area (Å²) in [6, 6.07) is 8.26. The van der Waals surface area contributed by atoms with Gasteiger partial charge in [-0.15, -0.1) is 11.3 Å². The molecule has 2 aliphatic heterocycles. The summed E-state index contributed by atoms with van der Waals surface area (Å²) in [7, 11) is -2.55. The maximum Gasteiger partial charge on any atom is 0.340 e. The summed E-state index contributed by atoms with van der Waals surface area (Å²) in [4.78, 5) is 15.8. The lowest BCUT2D eigenvalue weighted by molar-refractivity contribution is 0.0595. The van der Waals surface area contributed by atoms with Crippen LogP contribution in [0.15, 0.2) is 28.5 Å². The molecule has 7 nitrogen and oxygen atoms in total. The van der Waals surface area contributed by atoms with Crippen molar-refractivity contribution in [3.05, 3.63) is 51.4 Å². The molecular formula is C22H28N2O5S2. The van der Waals surface area contributed by atoms with Crippen molar-refractivity contribution < 1.29 is 22.7 Å². The molecule has 31 heavy (non-hydrogen) atoms. The van der Waals surface area contributed by atoms with E-state index in [4.69, 9.17) is 9.47 Å². The Morgan fingerprint density at radius 2 is 2.16 bits per heavy atom. The lowest BCUT2D eigenvalue weighted by Crippen LogP contribution is -2.32. The van der Waals surface area contributed by atoms with E-state index in [0.29, 0.717) is 19.6 Å². The maximum absolute atomic E-state index is 13.1. The second-order valence-electron chi connectivity index (χ2n) is 8.03. The molecule has 0 bridgehead atoms. The number of nitrogens with zero attached hydrogens (tertiary/aromatic N) is 1. The van der Waals surface area contributed by atoms with E-state index >= 15 is 0 Å². The third-order valence-electron chi connectivity index (χ3n) is 5.92. The molecule has 1 fully saturated rings. The fourth-order valence-electron chi connectivity index (χ4n) is 4.17. The van der Waals surface area contributed by atoms with Crippen LogP contribution in [-0.4, -0.2) is 52.2 Å². The zero-order chi connectivity index (χ0) is 22.0. The average Bonchev–Trinajstić information content (AvgIpc) is 3.41. The van der Waals surface area contributed by atoms with Crippen molar-refractivity contribution in [1.29, 1.82) is 0 Å². The molecule has 2 aromatic rings. The highest BCUT2D eigenvalue weighted by Gasteiger charge is 2.34. The van der Waals surface area contributed by atoms with Crippen LogP contribution in [0, 0.1) is 6.92 Å². The summed E-state index contributed by atoms with van der Waals surface area (Å²) >= 11 is 1.18. The van der Waals surface area contributed by atoms with Crippen LogP contribution >= 0.6 is 11.3 Å². The smallest absolute Gasteiger partial charge is 0.340 e. The third-order valence-corrected chi connectivity index (χ3v) is 9.08. The zero-order valence-electron chi connectivity index (χ0n) is 17.8. The molecule has 1 atom stereocenters. The molecule has 0 radical (unpaired) electrons. The number of hydrogen-bond donors (Lipinski definition) is 1. The van der Waals surface area contributed by atoms with Gasteiger partial charge in [0, 0.05) is 37.7 Å². The van der Waals surface area contributed by atoms with E-state index in [1.54, 1.807) is 0 Å². The molecule has 3 heterocycles. The largest absolute Gasteiger partial charge is 0.465 e. The summed E-state index contributed by atoms with van der Waals surface area (Å²) in [5, 5.41) is 0. The number of hydrogen-bond acceptors (Lipinski definition) is 7. The second-order valence-corrected chi connectivity index (χ2v) is 11.1. The number of thiophene rings is 1. The predicted molar refractivity (Wildman–Crippen MR) is 119 cm³/mol. The van der Waals surface area contributed by atoms with Crippen LogP contribution < -0.4 is 4.72 Å². The maximum atomic E-state index is 13.1. The Hall–Kier alpha value is -1.78. The molecule has 168 valence electrons. The molecule has 0 spiro atoms. The first-order valence-electron chi connectivity index (χ1n) is 10.5. The number of ether oxygens (including phenoxy) is 2. The highest BCUT2D eigenvalue weighted by atomic mass is 32.2. The van der Waals surface area contributed by atoms with Crippen molar-refractivity contribution in [2.75, 3.05) is 26.8 Å². The van der Waals surface area contributed by atoms with Gasteiger partial charge in [0.25, 0.3) is 10.0 Å². The normalized spacial score (nSPS) is 19.4. The fraction of sp³-hybridized carbons (Fsp3) is 0.500. The van der Waals surface area contributed by atoms with Gasteiger partial charge in [-0.2, -0.15) is 0 Å². The Labute approximate surface area is 187 Å². The number of carbonyl (C=O) groups excluding carboxylic acids is 1. The number of aryl methyl sites for hydroxylation is 1. The van der Waals surface area contributed by atoms with Crippen LogP contribution in [0.5, 0.6) is 0 Å². The Balaban J connectivity index is 1.58. The van der Waals surface area contributed by atoms with E-state index in [2.05, 4.69) is 28.7 Å². The molecule has 1 aromatic carbocycles. The van der Waals surface area contributed by atoms with Gasteiger partial charge in [-0.1, -0.05) is 24.3 Å². The van der Waals surface area contributed by atoms with Gasteiger partial charge in [-0.25, -0.2) is 17.9 Å². The van der Waals surface area contributed by atoms with Crippen LogP contribution in [0.4, 0.5) is 0 Å². The van der Waals surface area contributed by atoms with Gasteiger partial charge in [-0.3, -0.25) is 4.90 Å². The molecule has 9 heteroatoms. The number of nitrogens with one attached hydrogen (secondary N) is 1. The van der Waals surface area contributed by atoms with Gasteiger partial charge in [-0.05, 0) is 42.9 Å². The van der Waals surface area contributed by atoms with Gasteiger partial charge < -0.3 is 9.47 Å². The van der Waals surface area contributed by atoms with Crippen LogP contribution in [0.3, 0.4) is 0 Å². The summed E-state index contributed by atoms with van der Waals surface area (Å²) in [5.41, 5.74) is 3.48. The van der Waals surface area contributed by atoms with Crippen LogP contribution in [0.1, 0.15) is 44.8 Å². The number of rotatable bonds is 7. The molecule has 1 unspecified atom stereocenters. The molecule has 1 aromatic heterocycles. The predicted octanol–water partition coefficient (Wildman–Crippen LogP) is 2.86. The Morgan fingerprint density at radius 1 is 1.35 bits per heavy atom. The first-order chi connectivity index (χ1) is 14.9. The minimum Gasteiger partial charge on any atom is -0.465 e. The van der Waals surface area contributed by atoms with Crippen molar-refractivity contribution >= 4 is 27.3 Å². The van der Waals surface area contributed by atoms with Crippen LogP contribution in [-0.2, 0) is 39.0 Å². The minimum atomic E-state index is -3.84. The van der Waals surface area contributed by atoms with E-state index in [-0.39, 0.29) is 22.4 Å². The molecule has 2 aliphatic rings. The number of methoxy groups -OCH3 is 1. The monoisotopic (exact) mass is 464 g/mol. The molecule has 1 saturated heterocycles. The minimum absolute atomic E-state index is 0.0556. The Morgan fingerprint density at radius 3 is 2.87 bits per heavy atom. The highest BCUT2D eigenvalue weighted by Crippen LogP contribution is 2.37. The van der Waals surface area contributed by atoms with E-state index in [0.717, 1.165) is 36.4 Å². The Bertz CT molecular complexity index is 1060. The second kappa shape index (κ2) is 9.38. The summed E-state index contributed by atoms with van der Waals surface area (Å²) in [6.07, 6.45) is 2.27. The van der Waals surface area contributed by atoms with Crippen molar-refractivity contribution in [2.24, 2.45) is 0 Å². The molecule has 0 amide bonds. The topological polar surface area (TPSA) is 84.9 Å². The lowest BCUT2D eigenvalue weighted by Gasteiger charge is -2.27. The first kappa shape index (κ1) is 22.4. The number of fused-ring (bicyclic) bond motifs is 1. The van der Waals surface area contributed by atoms with Crippen LogP contribution in [0.2, 0.25) is 0 Å². The van der Waals surface area contributed by atoms with E-state index in [1.165, 1.54) is 29.6 Å². The van der Waals surface area contributed by atoms with Crippen molar-refractivity contribution in [3.8, 4) is 0 Å². The van der Waals surface area contributed by atoms with E-state index < -0.39 is 16.0 Å². The van der Waals surface area contributed by atoms with Crippen LogP contribution in [0.25, 0.3) is 0 Å². The SMILES string of the molecule is COC(=O)c1c(S(=O)(=O)NCC2CCCO2)sc2c1CCN(Cc1ccccc1C)C2. The average molecular weight is 465 g/mol. The first-order valence-corrected chi connectivity index (χ1v) is 12.8. The quantitative estimate of drug-likeness (QED) is 0.635. The van der Waals surface area contributed by atoms with Crippen molar-refractivity contribution in [3.63, 3.8) is 0 Å². The lowest BCUT2D eigenvalue weighted by atomic mass is 10.0. The molecule has 4 rings (SSSR count). The summed E-state index contributed by atoms with van der Waals surface area (Å²) in [6.45, 7) is 5.12. The summed E-state index contributed by atoms with van der Waals surface area (Å²) < 4.78 is 39.3. The fourth-order valence-corrected chi connectivity index (χ4v) is 7.20. The third kappa shape index (κ3) is 4.85. The van der Waals surface area contributed by atoms with Gasteiger partial charge in [0.1, 0.15) is 4.21 Å².